The molecule has 6 rings (SSSR count). The zero-order valence-electron chi connectivity index (χ0n) is 18.2. The van der Waals surface area contributed by atoms with Gasteiger partial charge in [0.05, 0.1) is 21.3 Å². The van der Waals surface area contributed by atoms with Crippen molar-refractivity contribution in [3.05, 3.63) is 111 Å². The van der Waals surface area contributed by atoms with Crippen LogP contribution in [0.4, 0.5) is 0 Å². The van der Waals surface area contributed by atoms with Gasteiger partial charge in [0.15, 0.2) is 4.96 Å². The maximum Gasteiger partial charge on any atom is 0.274 e. The lowest BCUT2D eigenvalue weighted by Crippen LogP contribution is -2.22. The van der Waals surface area contributed by atoms with Gasteiger partial charge in [0.25, 0.3) is 5.56 Å². The first kappa shape index (κ1) is 19.6. The van der Waals surface area contributed by atoms with Gasteiger partial charge in [-0.2, -0.15) is 5.10 Å². The molecule has 0 amide bonds. The molecule has 6 heteroatoms. The number of nitrogens with zero attached hydrogens (tertiary/aromatic N) is 4. The number of hydrogen-bond acceptors (Lipinski definition) is 4. The summed E-state index contributed by atoms with van der Waals surface area (Å²) < 4.78 is 4.22. The van der Waals surface area contributed by atoms with Crippen LogP contribution in [0.25, 0.3) is 39.0 Å². The summed E-state index contributed by atoms with van der Waals surface area (Å²) >= 11 is 1.41. The zero-order chi connectivity index (χ0) is 22.5. The van der Waals surface area contributed by atoms with E-state index in [0.29, 0.717) is 9.49 Å². The van der Waals surface area contributed by atoms with Crippen molar-refractivity contribution in [2.45, 2.75) is 13.8 Å². The smallest absolute Gasteiger partial charge is 0.267 e. The Kier molecular flexibility index (Phi) is 4.48. The minimum absolute atomic E-state index is 0.0527. The molecule has 3 heterocycles. The van der Waals surface area contributed by atoms with Crippen LogP contribution in [0.1, 0.15) is 16.7 Å². The summed E-state index contributed by atoms with van der Waals surface area (Å²) in [4.78, 5) is 18.7. The zero-order valence-corrected chi connectivity index (χ0v) is 19.0. The molecule has 0 aliphatic heterocycles. The van der Waals surface area contributed by atoms with Crippen LogP contribution < -0.4 is 10.1 Å². The molecule has 0 N–H and O–H groups in total. The maximum atomic E-state index is 13.3. The van der Waals surface area contributed by atoms with Gasteiger partial charge in [0.2, 0.25) is 0 Å². The molecule has 160 valence electrons. The maximum absolute atomic E-state index is 13.3. The second-order valence-corrected chi connectivity index (χ2v) is 9.17. The van der Waals surface area contributed by atoms with Gasteiger partial charge in [-0.15, -0.1) is 0 Å². The lowest BCUT2D eigenvalue weighted by Gasteiger charge is -2.05. The summed E-state index contributed by atoms with van der Waals surface area (Å²) in [6.45, 7) is 4.17. The van der Waals surface area contributed by atoms with Crippen molar-refractivity contribution in [3.8, 4) is 16.9 Å². The summed E-state index contributed by atoms with van der Waals surface area (Å²) in [5.41, 5.74) is 7.72. The highest BCUT2D eigenvalue weighted by Gasteiger charge is 2.15. The Hall–Kier alpha value is -4.03. The Labute approximate surface area is 193 Å². The van der Waals surface area contributed by atoms with Crippen molar-refractivity contribution in [2.24, 2.45) is 0 Å². The second kappa shape index (κ2) is 7.53. The van der Waals surface area contributed by atoms with Crippen LogP contribution in [0, 0.1) is 13.8 Å². The van der Waals surface area contributed by atoms with Crippen molar-refractivity contribution in [2.75, 3.05) is 0 Å². The Balaban J connectivity index is 1.61. The van der Waals surface area contributed by atoms with E-state index in [1.165, 1.54) is 16.9 Å². The van der Waals surface area contributed by atoms with E-state index >= 15 is 0 Å². The molecule has 5 nitrogen and oxygen atoms in total. The van der Waals surface area contributed by atoms with E-state index in [4.69, 9.17) is 5.10 Å². The number of aryl methyl sites for hydroxylation is 2. The minimum atomic E-state index is -0.0527. The summed E-state index contributed by atoms with van der Waals surface area (Å²) in [6, 6.07) is 24.1. The molecule has 0 atom stereocenters. The number of imidazole rings is 1. The van der Waals surface area contributed by atoms with E-state index in [2.05, 4.69) is 37.0 Å². The monoisotopic (exact) mass is 448 g/mol. The quantitative estimate of drug-likeness (QED) is 0.386. The average molecular weight is 449 g/mol. The Morgan fingerprint density at radius 3 is 2.58 bits per heavy atom. The lowest BCUT2D eigenvalue weighted by molar-refractivity contribution is 0.884. The first-order valence-corrected chi connectivity index (χ1v) is 11.5. The first-order chi connectivity index (χ1) is 16.1. The van der Waals surface area contributed by atoms with E-state index in [0.717, 1.165) is 39.1 Å². The van der Waals surface area contributed by atoms with E-state index in [1.807, 2.05) is 71.6 Å². The summed E-state index contributed by atoms with van der Waals surface area (Å²) in [7, 11) is 0. The second-order valence-electron chi connectivity index (χ2n) is 8.17. The number of rotatable bonds is 3. The highest BCUT2D eigenvalue weighted by Crippen LogP contribution is 2.28. The van der Waals surface area contributed by atoms with Gasteiger partial charge in [-0.3, -0.25) is 4.79 Å². The molecule has 0 saturated heterocycles. The van der Waals surface area contributed by atoms with Gasteiger partial charge in [-0.05, 0) is 55.8 Å². The fourth-order valence-corrected chi connectivity index (χ4v) is 5.14. The van der Waals surface area contributed by atoms with Gasteiger partial charge in [-0.1, -0.05) is 59.4 Å². The van der Waals surface area contributed by atoms with E-state index in [1.54, 1.807) is 4.40 Å². The third kappa shape index (κ3) is 3.27. The summed E-state index contributed by atoms with van der Waals surface area (Å²) in [5.74, 6) is 0. The van der Waals surface area contributed by atoms with Crippen molar-refractivity contribution in [3.63, 3.8) is 0 Å². The summed E-state index contributed by atoms with van der Waals surface area (Å²) in [5, 5.41) is 4.94. The SMILES string of the molecule is Cc1ccc(C)c(-c2nn(-c3ccccc3)cc2/C=c2\sc3nc4ccccc4n3c2=O)c1. The van der Waals surface area contributed by atoms with Crippen molar-refractivity contribution in [1.82, 2.24) is 19.2 Å². The minimum Gasteiger partial charge on any atom is -0.267 e. The van der Waals surface area contributed by atoms with E-state index in [-0.39, 0.29) is 5.56 Å². The van der Waals surface area contributed by atoms with Gasteiger partial charge in [0.1, 0.15) is 5.69 Å². The molecule has 0 unspecified atom stereocenters. The molecule has 33 heavy (non-hydrogen) atoms. The van der Waals surface area contributed by atoms with Crippen LogP contribution >= 0.6 is 11.3 Å². The molecule has 3 aromatic heterocycles. The highest BCUT2D eigenvalue weighted by molar-refractivity contribution is 7.15. The molecular weight excluding hydrogens is 428 g/mol. The largest absolute Gasteiger partial charge is 0.274 e. The molecule has 0 fully saturated rings. The van der Waals surface area contributed by atoms with Crippen molar-refractivity contribution >= 4 is 33.4 Å². The third-order valence-electron chi connectivity index (χ3n) is 5.84. The van der Waals surface area contributed by atoms with Crippen LogP contribution in [-0.2, 0) is 0 Å². The Morgan fingerprint density at radius 2 is 1.73 bits per heavy atom. The molecular formula is C27H20N4OS. The van der Waals surface area contributed by atoms with E-state index in [9.17, 15) is 4.79 Å². The molecule has 0 aliphatic rings. The van der Waals surface area contributed by atoms with Gasteiger partial charge in [-0.25, -0.2) is 14.1 Å². The van der Waals surface area contributed by atoms with Crippen molar-refractivity contribution < 1.29 is 0 Å². The number of para-hydroxylation sites is 3. The molecule has 6 aromatic rings. The number of hydrogen-bond donors (Lipinski definition) is 0. The topological polar surface area (TPSA) is 52.2 Å². The average Bonchev–Trinajstić information content (AvgIpc) is 3.49. The molecule has 0 aliphatic carbocycles. The van der Waals surface area contributed by atoms with Gasteiger partial charge < -0.3 is 0 Å². The number of thiazole rings is 1. The molecule has 0 saturated carbocycles. The van der Waals surface area contributed by atoms with Crippen LogP contribution in [0.15, 0.2) is 83.8 Å². The summed E-state index contributed by atoms with van der Waals surface area (Å²) in [6.07, 6.45) is 3.94. The predicted octanol–water partition coefficient (Wildman–Crippen LogP) is 4.93. The standard InChI is InChI=1S/C27H20N4OS/c1-17-12-13-18(2)21(14-17)25-19(16-30(29-25)20-8-4-3-5-9-20)15-24-26(32)31-23-11-7-6-10-22(23)28-27(31)33-24/h3-16H,1-2H3/b24-15-. The Bertz CT molecular complexity index is 1760. The van der Waals surface area contributed by atoms with Crippen LogP contribution in [-0.4, -0.2) is 19.2 Å². The number of aromatic nitrogens is 4. The first-order valence-electron chi connectivity index (χ1n) is 10.7. The fraction of sp³-hybridized carbons (Fsp3) is 0.0741. The third-order valence-corrected chi connectivity index (χ3v) is 6.81. The normalized spacial score (nSPS) is 12.2. The van der Waals surface area contributed by atoms with Crippen LogP contribution in [0.3, 0.4) is 0 Å². The van der Waals surface area contributed by atoms with Crippen LogP contribution in [0.2, 0.25) is 0 Å². The van der Waals surface area contributed by atoms with Crippen molar-refractivity contribution in [1.29, 1.82) is 0 Å². The number of fused-ring (bicyclic) bond motifs is 3. The van der Waals surface area contributed by atoms with Gasteiger partial charge in [0, 0.05) is 17.3 Å². The van der Waals surface area contributed by atoms with Crippen LogP contribution in [0.5, 0.6) is 0 Å². The predicted molar refractivity (Wildman–Crippen MR) is 134 cm³/mol. The number of benzene rings is 3. The molecule has 0 spiro atoms. The van der Waals surface area contributed by atoms with Gasteiger partial charge >= 0.3 is 0 Å². The highest BCUT2D eigenvalue weighted by atomic mass is 32.1. The molecule has 3 aromatic carbocycles. The molecule has 0 radical (unpaired) electrons. The van der Waals surface area contributed by atoms with E-state index < -0.39 is 0 Å². The fourth-order valence-electron chi connectivity index (χ4n) is 4.16. The Morgan fingerprint density at radius 1 is 0.939 bits per heavy atom. The molecule has 0 bridgehead atoms. The lowest BCUT2D eigenvalue weighted by atomic mass is 10.0.